The van der Waals surface area contributed by atoms with E-state index in [0.717, 1.165) is 10.2 Å². The van der Waals surface area contributed by atoms with E-state index in [4.69, 9.17) is 4.74 Å². The second kappa shape index (κ2) is 6.78. The topological polar surface area (TPSA) is 60.3 Å². The highest BCUT2D eigenvalue weighted by Gasteiger charge is 2.13. The molecule has 0 aliphatic carbocycles. The third-order valence-electron chi connectivity index (χ3n) is 3.66. The Labute approximate surface area is 151 Å². The van der Waals surface area contributed by atoms with Gasteiger partial charge in [0.1, 0.15) is 5.75 Å². The van der Waals surface area contributed by atoms with Gasteiger partial charge >= 0.3 is 4.87 Å². The van der Waals surface area contributed by atoms with Crippen molar-refractivity contribution < 1.29 is 9.53 Å². The van der Waals surface area contributed by atoms with Crippen LogP contribution in [0.5, 0.6) is 5.75 Å². The van der Waals surface area contributed by atoms with E-state index < -0.39 is 0 Å². The number of anilines is 1. The fraction of sp³-hybridized carbons (Fsp3) is 0.176. The smallest absolute Gasteiger partial charge is 0.308 e. The second-order valence-electron chi connectivity index (χ2n) is 5.09. The maximum Gasteiger partial charge on any atom is 0.308 e. The zero-order valence-electron chi connectivity index (χ0n) is 13.1. The van der Waals surface area contributed by atoms with Crippen LogP contribution in [0.4, 0.5) is 5.69 Å². The molecular weight excluding hydrogens is 392 g/mol. The number of thiazole rings is 1. The number of carbonyl (C=O) groups is 1. The van der Waals surface area contributed by atoms with E-state index in [1.165, 1.54) is 11.3 Å². The van der Waals surface area contributed by atoms with Crippen molar-refractivity contribution >= 4 is 49.1 Å². The summed E-state index contributed by atoms with van der Waals surface area (Å²) < 4.78 is 8.41. The third-order valence-corrected chi connectivity index (χ3v) is 5.29. The van der Waals surface area contributed by atoms with Gasteiger partial charge in [-0.25, -0.2) is 0 Å². The van der Waals surface area contributed by atoms with Crippen LogP contribution in [0.3, 0.4) is 0 Å². The number of nitrogens with one attached hydrogen (secondary N) is 1. The summed E-state index contributed by atoms with van der Waals surface area (Å²) in [4.78, 5) is 24.4. The summed E-state index contributed by atoms with van der Waals surface area (Å²) in [6.07, 6.45) is 0. The Morgan fingerprint density at radius 1 is 1.29 bits per heavy atom. The Balaban J connectivity index is 1.92. The quantitative estimate of drug-likeness (QED) is 0.708. The van der Waals surface area contributed by atoms with Gasteiger partial charge in [-0.2, -0.15) is 0 Å². The van der Waals surface area contributed by atoms with Crippen LogP contribution in [0, 0.1) is 0 Å². The standard InChI is InChI=1S/C17H15BrN2O3S/c1-3-20-14-7-4-10(8-15(14)24-17(20)22)19-16(21)12-9-11(23-2)5-6-13(12)18/h4-9H,3H2,1-2H3,(H,19,21). The van der Waals surface area contributed by atoms with Crippen molar-refractivity contribution in [1.29, 1.82) is 0 Å². The molecule has 124 valence electrons. The molecule has 0 spiro atoms. The summed E-state index contributed by atoms with van der Waals surface area (Å²) in [6.45, 7) is 2.56. The molecule has 0 atom stereocenters. The third kappa shape index (κ3) is 3.09. The Morgan fingerprint density at radius 2 is 2.08 bits per heavy atom. The number of hydrogen-bond donors (Lipinski definition) is 1. The molecule has 3 aromatic rings. The lowest BCUT2D eigenvalue weighted by Gasteiger charge is -2.09. The van der Waals surface area contributed by atoms with Crippen molar-refractivity contribution in [2.24, 2.45) is 0 Å². The minimum atomic E-state index is -0.248. The number of methoxy groups -OCH3 is 1. The normalized spacial score (nSPS) is 10.8. The summed E-state index contributed by atoms with van der Waals surface area (Å²) in [6, 6.07) is 10.7. The lowest BCUT2D eigenvalue weighted by atomic mass is 10.2. The van der Waals surface area contributed by atoms with Crippen molar-refractivity contribution in [2.45, 2.75) is 13.5 Å². The molecular formula is C17H15BrN2O3S. The summed E-state index contributed by atoms with van der Waals surface area (Å²) in [7, 11) is 1.55. The van der Waals surface area contributed by atoms with E-state index in [1.807, 2.05) is 19.1 Å². The zero-order valence-corrected chi connectivity index (χ0v) is 15.5. The summed E-state index contributed by atoms with van der Waals surface area (Å²) in [5.74, 6) is 0.361. The molecule has 1 amide bonds. The van der Waals surface area contributed by atoms with E-state index in [2.05, 4.69) is 21.2 Å². The fourth-order valence-corrected chi connectivity index (χ4v) is 3.87. The van der Waals surface area contributed by atoms with E-state index in [0.29, 0.717) is 28.0 Å². The maximum atomic E-state index is 12.5. The first-order valence-electron chi connectivity index (χ1n) is 7.31. The van der Waals surface area contributed by atoms with E-state index >= 15 is 0 Å². The number of carbonyl (C=O) groups excluding carboxylic acids is 1. The SMILES string of the molecule is CCn1c(=O)sc2cc(NC(=O)c3cc(OC)ccc3Br)ccc21. The number of rotatable bonds is 4. The molecule has 0 aliphatic heterocycles. The van der Waals surface area contributed by atoms with Gasteiger partial charge in [-0.3, -0.25) is 14.2 Å². The first-order valence-corrected chi connectivity index (χ1v) is 8.92. The van der Waals surface area contributed by atoms with Gasteiger partial charge < -0.3 is 10.1 Å². The van der Waals surface area contributed by atoms with Gasteiger partial charge in [0.25, 0.3) is 5.91 Å². The van der Waals surface area contributed by atoms with E-state index in [9.17, 15) is 9.59 Å². The van der Waals surface area contributed by atoms with Gasteiger partial charge in [-0.15, -0.1) is 0 Å². The highest BCUT2D eigenvalue weighted by Crippen LogP contribution is 2.25. The van der Waals surface area contributed by atoms with Crippen molar-refractivity contribution in [3.8, 4) is 5.75 Å². The number of amides is 1. The van der Waals surface area contributed by atoms with Crippen LogP contribution in [-0.2, 0) is 6.54 Å². The van der Waals surface area contributed by atoms with Crippen LogP contribution in [-0.4, -0.2) is 17.6 Å². The van der Waals surface area contributed by atoms with E-state index in [1.54, 1.807) is 35.9 Å². The molecule has 0 saturated heterocycles. The van der Waals surface area contributed by atoms with Crippen LogP contribution in [0.1, 0.15) is 17.3 Å². The van der Waals surface area contributed by atoms with Gasteiger partial charge in [0.15, 0.2) is 0 Å². The first kappa shape index (κ1) is 16.7. The number of nitrogens with zero attached hydrogens (tertiary/aromatic N) is 1. The lowest BCUT2D eigenvalue weighted by Crippen LogP contribution is -2.13. The van der Waals surface area contributed by atoms with Crippen molar-refractivity contribution in [1.82, 2.24) is 4.57 Å². The molecule has 0 unspecified atom stereocenters. The molecule has 0 saturated carbocycles. The Hall–Kier alpha value is -2.12. The summed E-state index contributed by atoms with van der Waals surface area (Å²) >= 11 is 4.55. The molecule has 0 radical (unpaired) electrons. The molecule has 0 bridgehead atoms. The number of hydrogen-bond acceptors (Lipinski definition) is 4. The molecule has 7 heteroatoms. The number of halogens is 1. The van der Waals surface area contributed by atoms with Gasteiger partial charge in [0.05, 0.1) is 22.9 Å². The molecule has 24 heavy (non-hydrogen) atoms. The summed E-state index contributed by atoms with van der Waals surface area (Å²) in [5, 5.41) is 2.86. The Morgan fingerprint density at radius 3 is 2.79 bits per heavy atom. The largest absolute Gasteiger partial charge is 0.497 e. The number of aromatic nitrogens is 1. The van der Waals surface area contributed by atoms with Gasteiger partial charge in [-0.1, -0.05) is 11.3 Å². The molecule has 1 heterocycles. The van der Waals surface area contributed by atoms with Crippen LogP contribution < -0.4 is 14.9 Å². The number of ether oxygens (including phenoxy) is 1. The fourth-order valence-electron chi connectivity index (χ4n) is 2.45. The number of benzene rings is 2. The average Bonchev–Trinajstić information content (AvgIpc) is 2.89. The molecule has 0 fully saturated rings. The molecule has 5 nitrogen and oxygen atoms in total. The molecule has 3 rings (SSSR count). The van der Waals surface area contributed by atoms with Gasteiger partial charge in [0.2, 0.25) is 0 Å². The lowest BCUT2D eigenvalue weighted by molar-refractivity contribution is 0.102. The molecule has 1 N–H and O–H groups in total. The van der Waals surface area contributed by atoms with Crippen LogP contribution >= 0.6 is 27.3 Å². The zero-order chi connectivity index (χ0) is 17.3. The minimum Gasteiger partial charge on any atom is -0.497 e. The molecule has 0 aliphatic rings. The molecule has 1 aromatic heterocycles. The summed E-state index contributed by atoms with van der Waals surface area (Å²) in [5.41, 5.74) is 2.01. The average molecular weight is 407 g/mol. The van der Waals surface area contributed by atoms with E-state index in [-0.39, 0.29) is 10.8 Å². The van der Waals surface area contributed by atoms with Crippen molar-refractivity contribution in [3.05, 3.63) is 56.1 Å². The molecule has 2 aromatic carbocycles. The number of aryl methyl sites for hydroxylation is 1. The van der Waals surface area contributed by atoms with Gasteiger partial charge in [0, 0.05) is 16.7 Å². The Kier molecular flexibility index (Phi) is 4.73. The number of fused-ring (bicyclic) bond motifs is 1. The van der Waals surface area contributed by atoms with Gasteiger partial charge in [-0.05, 0) is 59.3 Å². The van der Waals surface area contributed by atoms with Crippen LogP contribution in [0.2, 0.25) is 0 Å². The maximum absolute atomic E-state index is 12.5. The first-order chi connectivity index (χ1) is 11.5. The Bertz CT molecular complexity index is 978. The van der Waals surface area contributed by atoms with Crippen LogP contribution in [0.15, 0.2) is 45.7 Å². The minimum absolute atomic E-state index is 0.00603. The second-order valence-corrected chi connectivity index (χ2v) is 6.94. The highest BCUT2D eigenvalue weighted by atomic mass is 79.9. The highest BCUT2D eigenvalue weighted by molar-refractivity contribution is 9.10. The predicted molar refractivity (Wildman–Crippen MR) is 100 cm³/mol. The van der Waals surface area contributed by atoms with Crippen molar-refractivity contribution in [3.63, 3.8) is 0 Å². The predicted octanol–water partition coefficient (Wildman–Crippen LogP) is 4.11. The van der Waals surface area contributed by atoms with Crippen LogP contribution in [0.25, 0.3) is 10.2 Å². The van der Waals surface area contributed by atoms with Crippen molar-refractivity contribution in [2.75, 3.05) is 12.4 Å². The monoisotopic (exact) mass is 406 g/mol.